The fourth-order valence-electron chi connectivity index (χ4n) is 1.81. The van der Waals surface area contributed by atoms with Crippen LogP contribution in [0.5, 0.6) is 0 Å². The molecule has 0 aromatic carbocycles. The first-order valence-corrected chi connectivity index (χ1v) is 7.38. The summed E-state index contributed by atoms with van der Waals surface area (Å²) >= 11 is 0. The Morgan fingerprint density at radius 2 is 1.69 bits per heavy atom. The molecule has 0 fully saturated rings. The van der Waals surface area contributed by atoms with Gasteiger partial charge in [0, 0.05) is 6.04 Å². The van der Waals surface area contributed by atoms with Gasteiger partial charge in [-0.3, -0.25) is 0 Å². The number of nitrogens with one attached hydrogen (secondary N) is 1. The summed E-state index contributed by atoms with van der Waals surface area (Å²) in [4.78, 5) is 0. The van der Waals surface area contributed by atoms with Crippen LogP contribution in [0.2, 0.25) is 0 Å². The predicted molar refractivity (Wildman–Crippen MR) is 65.3 cm³/mol. The Morgan fingerprint density at radius 1 is 1.19 bits per heavy atom. The van der Waals surface area contributed by atoms with E-state index < -0.39 is 15.3 Å². The fourth-order valence-corrected chi connectivity index (χ4v) is 3.27. The van der Waals surface area contributed by atoms with Crippen LogP contribution in [0, 0.1) is 17.2 Å². The second-order valence-electron chi connectivity index (χ2n) is 4.05. The Kier molecular flexibility index (Phi) is 6.61. The van der Waals surface area contributed by atoms with E-state index in [1.807, 2.05) is 26.8 Å². The Balaban J connectivity index is 4.66. The van der Waals surface area contributed by atoms with Crippen molar-refractivity contribution >= 4 is 10.0 Å². The molecular weight excluding hydrogens is 224 g/mol. The van der Waals surface area contributed by atoms with Gasteiger partial charge in [0.1, 0.15) is 0 Å². The summed E-state index contributed by atoms with van der Waals surface area (Å²) < 4.78 is 26.2. The van der Waals surface area contributed by atoms with Crippen LogP contribution in [-0.2, 0) is 10.0 Å². The summed E-state index contributed by atoms with van der Waals surface area (Å²) in [5.74, 6) is 0.325. The van der Waals surface area contributed by atoms with E-state index in [2.05, 4.69) is 4.72 Å². The van der Waals surface area contributed by atoms with Gasteiger partial charge in [-0.2, -0.15) is 5.26 Å². The fraction of sp³-hybridized carbons (Fsp3) is 0.909. The normalized spacial score (nSPS) is 15.8. The van der Waals surface area contributed by atoms with Gasteiger partial charge in [0.05, 0.1) is 6.07 Å². The molecule has 0 saturated carbocycles. The third-order valence-corrected chi connectivity index (χ3v) is 4.88. The van der Waals surface area contributed by atoms with Gasteiger partial charge in [-0.15, -0.1) is 0 Å². The van der Waals surface area contributed by atoms with Gasteiger partial charge in [0.25, 0.3) is 0 Å². The molecule has 0 aromatic heterocycles. The highest BCUT2D eigenvalue weighted by molar-refractivity contribution is 7.90. The van der Waals surface area contributed by atoms with Gasteiger partial charge in [-0.1, -0.05) is 33.6 Å². The molecular formula is C11H22N2O2S. The third kappa shape index (κ3) is 4.11. The van der Waals surface area contributed by atoms with Crippen molar-refractivity contribution in [3.05, 3.63) is 0 Å². The van der Waals surface area contributed by atoms with Crippen LogP contribution in [-0.4, -0.2) is 19.7 Å². The molecule has 0 bridgehead atoms. The van der Waals surface area contributed by atoms with E-state index >= 15 is 0 Å². The van der Waals surface area contributed by atoms with E-state index in [-0.39, 0.29) is 6.04 Å². The van der Waals surface area contributed by atoms with Gasteiger partial charge in [-0.05, 0) is 19.3 Å². The Labute approximate surface area is 99.1 Å². The van der Waals surface area contributed by atoms with E-state index in [1.165, 1.54) is 0 Å². The van der Waals surface area contributed by atoms with Gasteiger partial charge in [0.15, 0.2) is 5.25 Å². The second-order valence-corrected chi connectivity index (χ2v) is 5.95. The maximum absolute atomic E-state index is 11.8. The molecule has 0 aliphatic carbocycles. The first kappa shape index (κ1) is 15.4. The molecule has 0 aliphatic rings. The lowest BCUT2D eigenvalue weighted by Gasteiger charge is -2.23. The van der Waals surface area contributed by atoms with Crippen LogP contribution in [0.3, 0.4) is 0 Å². The topological polar surface area (TPSA) is 70.0 Å². The van der Waals surface area contributed by atoms with Crippen LogP contribution >= 0.6 is 0 Å². The van der Waals surface area contributed by atoms with E-state index in [1.54, 1.807) is 6.92 Å². The minimum absolute atomic E-state index is 0.109. The first-order chi connectivity index (χ1) is 7.42. The molecule has 0 rings (SSSR count). The van der Waals surface area contributed by atoms with E-state index in [4.69, 9.17) is 5.26 Å². The van der Waals surface area contributed by atoms with E-state index in [9.17, 15) is 8.42 Å². The highest BCUT2D eigenvalue weighted by Gasteiger charge is 2.27. The monoisotopic (exact) mass is 246 g/mol. The maximum atomic E-state index is 11.8. The molecule has 0 saturated heterocycles. The minimum Gasteiger partial charge on any atom is -0.211 e. The molecule has 2 unspecified atom stereocenters. The molecule has 0 aliphatic heterocycles. The van der Waals surface area contributed by atoms with Crippen molar-refractivity contribution in [2.24, 2.45) is 5.92 Å². The quantitative estimate of drug-likeness (QED) is 0.747. The summed E-state index contributed by atoms with van der Waals surface area (Å²) in [6.45, 7) is 7.65. The van der Waals surface area contributed by atoms with Crippen molar-refractivity contribution in [3.63, 3.8) is 0 Å². The average Bonchev–Trinajstić information content (AvgIpc) is 2.19. The number of hydrogen-bond acceptors (Lipinski definition) is 3. The molecule has 5 heteroatoms. The Hall–Kier alpha value is -0.600. The average molecular weight is 246 g/mol. The van der Waals surface area contributed by atoms with Gasteiger partial charge in [-0.25, -0.2) is 13.1 Å². The highest BCUT2D eigenvalue weighted by atomic mass is 32.2. The number of nitriles is 1. The maximum Gasteiger partial charge on any atom is 0.228 e. The summed E-state index contributed by atoms with van der Waals surface area (Å²) in [5, 5.41) is 7.82. The first-order valence-electron chi connectivity index (χ1n) is 5.83. The molecule has 0 spiro atoms. The van der Waals surface area contributed by atoms with Crippen molar-refractivity contribution in [1.29, 1.82) is 5.26 Å². The summed E-state index contributed by atoms with van der Waals surface area (Å²) in [6, 6.07) is 1.71. The van der Waals surface area contributed by atoms with Crippen molar-refractivity contribution in [3.8, 4) is 6.07 Å². The molecule has 2 atom stereocenters. The van der Waals surface area contributed by atoms with Crippen molar-refractivity contribution in [2.45, 2.75) is 58.2 Å². The van der Waals surface area contributed by atoms with Crippen LogP contribution < -0.4 is 4.72 Å². The van der Waals surface area contributed by atoms with E-state index in [0.29, 0.717) is 12.3 Å². The predicted octanol–water partition coefficient (Wildman–Crippen LogP) is 2.03. The van der Waals surface area contributed by atoms with Gasteiger partial charge >= 0.3 is 0 Å². The number of rotatable bonds is 7. The Bertz CT molecular complexity index is 328. The van der Waals surface area contributed by atoms with Crippen LogP contribution in [0.4, 0.5) is 0 Å². The molecule has 0 aromatic rings. The largest absolute Gasteiger partial charge is 0.228 e. The lowest BCUT2D eigenvalue weighted by Crippen LogP contribution is -2.42. The number of hydrogen-bond donors (Lipinski definition) is 1. The van der Waals surface area contributed by atoms with Gasteiger partial charge in [0.2, 0.25) is 10.0 Å². The SMILES string of the molecule is CCC(CC)C(C)NS(=O)(=O)C(C#N)CC. The number of nitrogens with zero attached hydrogens (tertiary/aromatic N) is 1. The Morgan fingerprint density at radius 3 is 2.00 bits per heavy atom. The van der Waals surface area contributed by atoms with Crippen molar-refractivity contribution in [2.75, 3.05) is 0 Å². The summed E-state index contributed by atoms with van der Waals surface area (Å²) in [5.41, 5.74) is 0. The third-order valence-electron chi connectivity index (χ3n) is 3.00. The zero-order chi connectivity index (χ0) is 12.8. The zero-order valence-corrected chi connectivity index (χ0v) is 11.3. The van der Waals surface area contributed by atoms with E-state index in [0.717, 1.165) is 12.8 Å². The standard InChI is InChI=1S/C11H22N2O2S/c1-5-10(6-2)9(4)13-16(14,15)11(7-3)8-12/h9-11,13H,5-7H2,1-4H3. The lowest BCUT2D eigenvalue weighted by molar-refractivity contribution is 0.390. The van der Waals surface area contributed by atoms with Crippen molar-refractivity contribution in [1.82, 2.24) is 4.72 Å². The van der Waals surface area contributed by atoms with Crippen LogP contribution in [0.1, 0.15) is 47.0 Å². The highest BCUT2D eigenvalue weighted by Crippen LogP contribution is 2.15. The van der Waals surface area contributed by atoms with Crippen molar-refractivity contribution < 1.29 is 8.42 Å². The number of sulfonamides is 1. The summed E-state index contributed by atoms with van der Waals surface area (Å²) in [6.07, 6.45) is 2.19. The molecule has 94 valence electrons. The molecule has 0 heterocycles. The minimum atomic E-state index is -3.50. The zero-order valence-electron chi connectivity index (χ0n) is 10.5. The van der Waals surface area contributed by atoms with Crippen LogP contribution in [0.25, 0.3) is 0 Å². The van der Waals surface area contributed by atoms with Crippen LogP contribution in [0.15, 0.2) is 0 Å². The molecule has 1 N–H and O–H groups in total. The molecule has 0 radical (unpaired) electrons. The smallest absolute Gasteiger partial charge is 0.211 e. The summed E-state index contributed by atoms with van der Waals surface area (Å²) in [7, 11) is -3.50. The second kappa shape index (κ2) is 6.87. The molecule has 16 heavy (non-hydrogen) atoms. The van der Waals surface area contributed by atoms with Gasteiger partial charge < -0.3 is 0 Å². The lowest BCUT2D eigenvalue weighted by atomic mass is 9.96. The molecule has 0 amide bonds. The molecule has 4 nitrogen and oxygen atoms in total.